The molecule has 4 nitrogen and oxygen atoms in total. The fourth-order valence-electron chi connectivity index (χ4n) is 1.75. The molecular weight excluding hydrogens is 231 g/mol. The zero-order chi connectivity index (χ0) is 13.5. The first-order valence-electron chi connectivity index (χ1n) is 6.11. The minimum Gasteiger partial charge on any atom is -0.370 e. The summed E-state index contributed by atoms with van der Waals surface area (Å²) in [5.74, 6) is 0.147. The molecule has 3 N–H and O–H groups in total. The van der Waals surface area contributed by atoms with E-state index in [4.69, 9.17) is 5.73 Å². The average Bonchev–Trinajstić information content (AvgIpc) is 2.39. The second-order valence-electron chi connectivity index (χ2n) is 3.92. The lowest BCUT2D eigenvalue weighted by Gasteiger charge is -2.22. The Bertz CT molecular complexity index is 413. The minimum absolute atomic E-state index is 0.204. The van der Waals surface area contributed by atoms with Gasteiger partial charge in [-0.1, -0.05) is 6.07 Å². The summed E-state index contributed by atoms with van der Waals surface area (Å²) in [6.45, 7) is 6.08. The summed E-state index contributed by atoms with van der Waals surface area (Å²) in [4.78, 5) is 5.76. The first-order chi connectivity index (χ1) is 8.62. The summed E-state index contributed by atoms with van der Waals surface area (Å²) in [5, 5.41) is 2.90. The molecule has 1 rings (SSSR count). The number of nitrogens with zero attached hydrogens (tertiary/aromatic N) is 2. The lowest BCUT2D eigenvalue weighted by molar-refractivity contribution is 0.617. The van der Waals surface area contributed by atoms with Gasteiger partial charge >= 0.3 is 0 Å². The second-order valence-corrected chi connectivity index (χ2v) is 3.92. The van der Waals surface area contributed by atoms with Crippen molar-refractivity contribution in [2.45, 2.75) is 20.4 Å². The van der Waals surface area contributed by atoms with Crippen LogP contribution in [0.1, 0.15) is 19.4 Å². The highest BCUT2D eigenvalue weighted by molar-refractivity contribution is 5.77. The molecule has 0 fully saturated rings. The lowest BCUT2D eigenvalue weighted by Crippen LogP contribution is -2.30. The molecule has 0 atom stereocenters. The van der Waals surface area contributed by atoms with Crippen molar-refractivity contribution in [2.24, 2.45) is 10.7 Å². The number of benzene rings is 1. The van der Waals surface area contributed by atoms with Crippen LogP contribution in [0.2, 0.25) is 0 Å². The second kappa shape index (κ2) is 6.83. The zero-order valence-corrected chi connectivity index (χ0v) is 11.2. The molecule has 0 spiro atoms. The molecule has 0 heterocycles. The lowest BCUT2D eigenvalue weighted by atomic mass is 10.2. The average molecular weight is 252 g/mol. The van der Waals surface area contributed by atoms with E-state index in [1.54, 1.807) is 13.1 Å². The van der Waals surface area contributed by atoms with Gasteiger partial charge in [0.1, 0.15) is 5.82 Å². The van der Waals surface area contributed by atoms with E-state index in [2.05, 4.69) is 10.3 Å². The maximum atomic E-state index is 13.9. The van der Waals surface area contributed by atoms with E-state index >= 15 is 0 Å². The van der Waals surface area contributed by atoms with Gasteiger partial charge in [0.05, 0.1) is 5.69 Å². The van der Waals surface area contributed by atoms with Gasteiger partial charge in [0.25, 0.3) is 0 Å². The number of rotatable bonds is 5. The van der Waals surface area contributed by atoms with Crippen molar-refractivity contribution in [3.8, 4) is 0 Å². The third kappa shape index (κ3) is 3.61. The molecule has 0 radical (unpaired) electrons. The molecule has 0 saturated heterocycles. The van der Waals surface area contributed by atoms with E-state index < -0.39 is 0 Å². The molecular formula is C13H21FN4. The van der Waals surface area contributed by atoms with E-state index in [0.717, 1.165) is 18.7 Å². The standard InChI is InChI=1S/C13H21FN4/c1-4-18(5-2)12-7-6-10(8-11(12)14)9-17-13(15)16-3/h6-8H,4-5,9H2,1-3H3,(H3,15,16,17). The monoisotopic (exact) mass is 252 g/mol. The van der Waals surface area contributed by atoms with Crippen molar-refractivity contribution in [1.29, 1.82) is 0 Å². The van der Waals surface area contributed by atoms with Crippen molar-refractivity contribution in [3.05, 3.63) is 29.6 Å². The first kappa shape index (κ1) is 14.3. The van der Waals surface area contributed by atoms with Crippen molar-refractivity contribution in [2.75, 3.05) is 25.0 Å². The van der Waals surface area contributed by atoms with Crippen molar-refractivity contribution in [3.63, 3.8) is 0 Å². The topological polar surface area (TPSA) is 53.6 Å². The fraction of sp³-hybridized carbons (Fsp3) is 0.462. The Balaban J connectivity index is 2.79. The summed E-state index contributed by atoms with van der Waals surface area (Å²) in [5.41, 5.74) is 7.00. The van der Waals surface area contributed by atoms with Gasteiger partial charge in [-0.3, -0.25) is 4.99 Å². The highest BCUT2D eigenvalue weighted by atomic mass is 19.1. The normalized spacial score (nSPS) is 11.4. The Hall–Kier alpha value is -1.78. The quantitative estimate of drug-likeness (QED) is 0.619. The van der Waals surface area contributed by atoms with Gasteiger partial charge in [0.2, 0.25) is 0 Å². The van der Waals surface area contributed by atoms with Crippen LogP contribution in [0.3, 0.4) is 0 Å². The maximum absolute atomic E-state index is 13.9. The summed E-state index contributed by atoms with van der Waals surface area (Å²) < 4.78 is 13.9. The van der Waals surface area contributed by atoms with E-state index in [-0.39, 0.29) is 5.82 Å². The number of halogens is 1. The van der Waals surface area contributed by atoms with Gasteiger partial charge in [0, 0.05) is 26.7 Å². The summed E-state index contributed by atoms with van der Waals surface area (Å²) >= 11 is 0. The SMILES string of the molecule is CCN(CC)c1ccc(CNC(N)=NC)cc1F. The molecule has 0 aromatic heterocycles. The molecule has 0 aliphatic carbocycles. The van der Waals surface area contributed by atoms with Crippen molar-refractivity contribution < 1.29 is 4.39 Å². The Morgan fingerprint density at radius 2 is 2.06 bits per heavy atom. The van der Waals surface area contributed by atoms with Crippen LogP contribution in [0.4, 0.5) is 10.1 Å². The van der Waals surface area contributed by atoms with Crippen LogP contribution in [0.15, 0.2) is 23.2 Å². The van der Waals surface area contributed by atoms with Gasteiger partial charge in [-0.05, 0) is 31.5 Å². The van der Waals surface area contributed by atoms with Gasteiger partial charge in [-0.25, -0.2) is 4.39 Å². The Kier molecular flexibility index (Phi) is 5.42. The Labute approximate surface area is 108 Å². The predicted molar refractivity (Wildman–Crippen MR) is 74.3 cm³/mol. The van der Waals surface area contributed by atoms with Gasteiger partial charge in [-0.15, -0.1) is 0 Å². The maximum Gasteiger partial charge on any atom is 0.188 e. The number of nitrogens with two attached hydrogens (primary N) is 1. The molecule has 0 unspecified atom stereocenters. The predicted octanol–water partition coefficient (Wildman–Crippen LogP) is 1.71. The Morgan fingerprint density at radius 3 is 2.56 bits per heavy atom. The number of anilines is 1. The number of guanidine groups is 1. The molecule has 0 aliphatic rings. The van der Waals surface area contributed by atoms with Crippen LogP contribution in [0.25, 0.3) is 0 Å². The highest BCUT2D eigenvalue weighted by Gasteiger charge is 2.08. The van der Waals surface area contributed by atoms with Crippen molar-refractivity contribution in [1.82, 2.24) is 5.32 Å². The zero-order valence-electron chi connectivity index (χ0n) is 11.2. The van der Waals surface area contributed by atoms with Crippen LogP contribution in [-0.2, 0) is 6.54 Å². The highest BCUT2D eigenvalue weighted by Crippen LogP contribution is 2.20. The van der Waals surface area contributed by atoms with Gasteiger partial charge < -0.3 is 16.0 Å². The number of hydrogen-bond acceptors (Lipinski definition) is 2. The summed E-state index contributed by atoms with van der Waals surface area (Å²) in [6.07, 6.45) is 0. The van der Waals surface area contributed by atoms with Gasteiger partial charge in [0.15, 0.2) is 5.96 Å². The smallest absolute Gasteiger partial charge is 0.188 e. The first-order valence-corrected chi connectivity index (χ1v) is 6.11. The number of aliphatic imine (C=N–C) groups is 1. The van der Waals surface area contributed by atoms with Crippen LogP contribution in [-0.4, -0.2) is 26.1 Å². The molecule has 0 bridgehead atoms. The van der Waals surface area contributed by atoms with Crippen LogP contribution >= 0.6 is 0 Å². The largest absolute Gasteiger partial charge is 0.370 e. The summed E-state index contributed by atoms with van der Waals surface area (Å²) in [7, 11) is 1.60. The fourth-order valence-corrected chi connectivity index (χ4v) is 1.75. The molecule has 0 amide bonds. The third-order valence-electron chi connectivity index (χ3n) is 2.83. The van der Waals surface area contributed by atoms with E-state index in [0.29, 0.717) is 18.2 Å². The molecule has 18 heavy (non-hydrogen) atoms. The van der Waals surface area contributed by atoms with Gasteiger partial charge in [-0.2, -0.15) is 0 Å². The van der Waals surface area contributed by atoms with Crippen LogP contribution in [0, 0.1) is 5.82 Å². The van der Waals surface area contributed by atoms with Crippen LogP contribution < -0.4 is 16.0 Å². The molecule has 1 aromatic rings. The minimum atomic E-state index is -0.204. The third-order valence-corrected chi connectivity index (χ3v) is 2.83. The Morgan fingerprint density at radius 1 is 1.39 bits per heavy atom. The van der Waals surface area contributed by atoms with E-state index in [9.17, 15) is 4.39 Å². The van der Waals surface area contributed by atoms with E-state index in [1.807, 2.05) is 24.8 Å². The molecule has 5 heteroatoms. The molecule has 0 saturated carbocycles. The molecule has 100 valence electrons. The molecule has 1 aromatic carbocycles. The molecule has 0 aliphatic heterocycles. The number of nitrogens with one attached hydrogen (secondary N) is 1. The summed E-state index contributed by atoms with van der Waals surface area (Å²) in [6, 6.07) is 5.23. The van der Waals surface area contributed by atoms with E-state index in [1.165, 1.54) is 6.07 Å². The van der Waals surface area contributed by atoms with Crippen LogP contribution in [0.5, 0.6) is 0 Å². The van der Waals surface area contributed by atoms with Crippen molar-refractivity contribution >= 4 is 11.6 Å². The number of hydrogen-bond donors (Lipinski definition) is 2.